The van der Waals surface area contributed by atoms with Crippen LogP contribution in [0.2, 0.25) is 0 Å². The number of benzene rings is 4. The van der Waals surface area contributed by atoms with Crippen LogP contribution in [0, 0.1) is 0 Å². The number of nitrogens with one attached hydrogen (secondary N) is 2. The Morgan fingerprint density at radius 2 is 1.03 bits per heavy atom. The Morgan fingerprint density at radius 3 is 1.46 bits per heavy atom. The number of aromatic amines is 2. The van der Waals surface area contributed by atoms with E-state index in [2.05, 4.69) is 9.97 Å². The van der Waals surface area contributed by atoms with Crippen LogP contribution < -0.4 is 0 Å². The predicted octanol–water partition coefficient (Wildman–Crippen LogP) is 7.83. The molecule has 0 radical (unpaired) electrons. The molecule has 302 valence electrons. The number of H-pyrrole nitrogens is 2. The van der Waals surface area contributed by atoms with Crippen molar-refractivity contribution in [3.8, 4) is 22.5 Å². The maximum Gasteiger partial charge on any atom is 0.245 e. The van der Waals surface area contributed by atoms with Crippen LogP contribution in [0.3, 0.4) is 0 Å². The molecule has 11 nitrogen and oxygen atoms in total. The number of amides is 2. The third-order valence-corrected chi connectivity index (χ3v) is 11.8. The Balaban J connectivity index is 0.888. The lowest BCUT2D eigenvalue weighted by Crippen LogP contribution is -2.40. The Bertz CT molecular complexity index is 2370. The molecule has 2 aromatic heterocycles. The molecule has 2 amide bonds. The molecule has 6 aromatic rings. The van der Waals surface area contributed by atoms with Gasteiger partial charge in [-0.05, 0) is 81.7 Å². The molecule has 4 heterocycles. The molecule has 0 saturated carbocycles. The quantitative estimate of drug-likeness (QED) is 0.115. The largest absolute Gasteiger partial charge is 0.340 e. The summed E-state index contributed by atoms with van der Waals surface area (Å²) < 4.78 is 0. The first-order valence-electron chi connectivity index (χ1n) is 20.5. The SMILES string of the molecule is CN(C)[C@@H](C(=O)N1CCC[C@H]1c1ncc(-c2ccc(CC(=O)c3ccc(-c4cnc([C@@H]5CCCN5C(=O)[C@@H](c5ccccc5)N(C)C)[nH]4)cc3)cc2)[nH]1)c1ccccc1. The average molecular weight is 789 g/mol. The van der Waals surface area contributed by atoms with Crippen LogP contribution in [0.15, 0.2) is 122 Å². The van der Waals surface area contributed by atoms with E-state index in [1.165, 1.54) is 0 Å². The molecule has 2 aliphatic heterocycles. The lowest BCUT2D eigenvalue weighted by Gasteiger charge is -2.31. The molecule has 4 aromatic carbocycles. The number of nitrogens with zero attached hydrogens (tertiary/aromatic N) is 6. The van der Waals surface area contributed by atoms with Crippen molar-refractivity contribution in [2.75, 3.05) is 41.3 Å². The number of rotatable bonds is 13. The Labute approximate surface area is 346 Å². The van der Waals surface area contributed by atoms with Gasteiger partial charge in [0.15, 0.2) is 5.78 Å². The van der Waals surface area contributed by atoms with Gasteiger partial charge in [-0.2, -0.15) is 0 Å². The zero-order valence-electron chi connectivity index (χ0n) is 34.2. The smallest absolute Gasteiger partial charge is 0.245 e. The minimum atomic E-state index is -0.367. The summed E-state index contributed by atoms with van der Waals surface area (Å²) in [6.45, 7) is 1.39. The van der Waals surface area contributed by atoms with Crippen LogP contribution in [0.1, 0.15) is 88.5 Å². The van der Waals surface area contributed by atoms with Crippen molar-refractivity contribution in [2.24, 2.45) is 0 Å². The number of hydrogen-bond acceptors (Lipinski definition) is 7. The maximum atomic E-state index is 13.9. The summed E-state index contributed by atoms with van der Waals surface area (Å²) in [6.07, 6.45) is 7.46. The van der Waals surface area contributed by atoms with Crippen molar-refractivity contribution in [3.63, 3.8) is 0 Å². The molecule has 59 heavy (non-hydrogen) atoms. The van der Waals surface area contributed by atoms with Gasteiger partial charge in [-0.3, -0.25) is 24.2 Å². The monoisotopic (exact) mass is 788 g/mol. The fraction of sp³-hybridized carbons (Fsp3) is 0.312. The van der Waals surface area contributed by atoms with Crippen molar-refractivity contribution in [1.82, 2.24) is 39.5 Å². The third-order valence-electron chi connectivity index (χ3n) is 11.8. The summed E-state index contributed by atoms with van der Waals surface area (Å²) in [5.41, 5.74) is 7.12. The lowest BCUT2D eigenvalue weighted by atomic mass is 10.00. The number of carbonyl (C=O) groups excluding carboxylic acids is 3. The maximum absolute atomic E-state index is 13.9. The fourth-order valence-electron chi connectivity index (χ4n) is 8.77. The zero-order valence-corrected chi connectivity index (χ0v) is 34.2. The summed E-state index contributed by atoms with van der Waals surface area (Å²) in [4.78, 5) is 65.5. The first-order chi connectivity index (χ1) is 28.7. The second-order valence-corrected chi connectivity index (χ2v) is 16.2. The lowest BCUT2D eigenvalue weighted by molar-refractivity contribution is -0.138. The first-order valence-corrected chi connectivity index (χ1v) is 20.5. The summed E-state index contributed by atoms with van der Waals surface area (Å²) in [5.74, 6) is 1.76. The van der Waals surface area contributed by atoms with E-state index in [4.69, 9.17) is 9.97 Å². The predicted molar refractivity (Wildman–Crippen MR) is 229 cm³/mol. The van der Waals surface area contributed by atoms with Crippen LogP contribution in [0.5, 0.6) is 0 Å². The molecule has 0 bridgehead atoms. The van der Waals surface area contributed by atoms with Crippen molar-refractivity contribution in [2.45, 2.75) is 56.3 Å². The number of Topliss-reactive ketones (excluding diaryl/α,β-unsaturated/α-hetero) is 1. The van der Waals surface area contributed by atoms with Crippen LogP contribution in [-0.2, 0) is 16.0 Å². The Hall–Kier alpha value is -6.17. The van der Waals surface area contributed by atoms with Crippen LogP contribution >= 0.6 is 0 Å². The molecule has 11 heteroatoms. The van der Waals surface area contributed by atoms with Crippen molar-refractivity contribution in [1.29, 1.82) is 0 Å². The van der Waals surface area contributed by atoms with Gasteiger partial charge < -0.3 is 19.8 Å². The molecular weight excluding hydrogens is 737 g/mol. The molecule has 8 rings (SSSR count). The highest BCUT2D eigenvalue weighted by atomic mass is 16.2. The molecule has 2 saturated heterocycles. The topological polar surface area (TPSA) is 122 Å². The molecule has 2 fully saturated rings. The van der Waals surface area contributed by atoms with Crippen LogP contribution in [-0.4, -0.2) is 98.4 Å². The first kappa shape index (κ1) is 39.6. The number of likely N-dealkylation sites (N-methyl/N-ethyl adjacent to an activating group) is 2. The number of hydrogen-bond donors (Lipinski definition) is 2. The van der Waals surface area contributed by atoms with Crippen LogP contribution in [0.4, 0.5) is 0 Å². The molecule has 2 aliphatic rings. The summed E-state index contributed by atoms with van der Waals surface area (Å²) in [7, 11) is 7.77. The van der Waals surface area contributed by atoms with Crippen molar-refractivity contribution in [3.05, 3.63) is 155 Å². The Morgan fingerprint density at radius 1 is 0.610 bits per heavy atom. The van der Waals surface area contributed by atoms with E-state index in [0.717, 1.165) is 76.5 Å². The van der Waals surface area contributed by atoms with Gasteiger partial charge >= 0.3 is 0 Å². The Kier molecular flexibility index (Phi) is 11.7. The molecule has 4 atom stereocenters. The van der Waals surface area contributed by atoms with E-state index in [1.54, 1.807) is 0 Å². The second-order valence-electron chi connectivity index (χ2n) is 16.2. The highest BCUT2D eigenvalue weighted by Gasteiger charge is 2.38. The minimum absolute atomic E-state index is 0.0323. The normalized spacial score (nSPS) is 17.8. The number of aromatic nitrogens is 4. The van der Waals surface area contributed by atoms with Gasteiger partial charge in [-0.1, -0.05) is 109 Å². The third kappa shape index (κ3) is 8.39. The zero-order chi connectivity index (χ0) is 41.0. The van der Waals surface area contributed by atoms with Gasteiger partial charge in [0, 0.05) is 25.1 Å². The average Bonchev–Trinajstić information content (AvgIpc) is 4.09. The van der Waals surface area contributed by atoms with E-state index in [9.17, 15) is 14.4 Å². The van der Waals surface area contributed by atoms with Gasteiger partial charge in [-0.25, -0.2) is 9.97 Å². The minimum Gasteiger partial charge on any atom is -0.340 e. The van der Waals surface area contributed by atoms with Gasteiger partial charge in [0.1, 0.15) is 23.7 Å². The number of likely N-dealkylation sites (tertiary alicyclic amines) is 2. The highest BCUT2D eigenvalue weighted by molar-refractivity contribution is 5.98. The van der Waals surface area contributed by atoms with Gasteiger partial charge in [-0.15, -0.1) is 0 Å². The number of ketones is 1. The standard InChI is InChI=1S/C48H52N8O3/c1-53(2)43(36-13-7-5-8-14-36)47(58)55-27-11-17-40(55)45-49-30-38(51-45)33-21-19-32(20-22-33)29-42(57)35-25-23-34(24-26-35)39-31-50-46(52-39)41-18-12-28-56(41)48(59)44(54(3)4)37-15-9-6-10-16-37/h5-10,13-16,19-26,30-31,40-41,43-44H,11-12,17-18,27-29H2,1-4H3,(H,49,51)(H,50,52)/t40-,41-,43+,44+/m0/s1. The molecule has 2 N–H and O–H groups in total. The molecular formula is C48H52N8O3. The summed E-state index contributed by atoms with van der Waals surface area (Å²) in [6, 6.07) is 34.5. The molecule has 0 spiro atoms. The van der Waals surface area contributed by atoms with Crippen molar-refractivity contribution >= 4 is 17.6 Å². The van der Waals surface area contributed by atoms with Gasteiger partial charge in [0.2, 0.25) is 11.8 Å². The number of imidazole rings is 2. The fourth-order valence-corrected chi connectivity index (χ4v) is 8.77. The van der Waals surface area contributed by atoms with Crippen LogP contribution in [0.25, 0.3) is 22.5 Å². The van der Waals surface area contributed by atoms with E-state index in [1.807, 2.05) is 169 Å². The van der Waals surface area contributed by atoms with Gasteiger partial charge in [0.25, 0.3) is 0 Å². The molecule has 0 aliphatic carbocycles. The van der Waals surface area contributed by atoms with E-state index in [0.29, 0.717) is 18.7 Å². The van der Waals surface area contributed by atoms with E-state index < -0.39 is 0 Å². The summed E-state index contributed by atoms with van der Waals surface area (Å²) in [5, 5.41) is 0. The van der Waals surface area contributed by atoms with E-state index in [-0.39, 0.29) is 48.2 Å². The van der Waals surface area contributed by atoms with E-state index >= 15 is 0 Å². The van der Waals surface area contributed by atoms with Crippen molar-refractivity contribution < 1.29 is 14.4 Å². The van der Waals surface area contributed by atoms with Gasteiger partial charge in [0.05, 0.1) is 35.9 Å². The highest BCUT2D eigenvalue weighted by Crippen LogP contribution is 2.37. The second kappa shape index (κ2) is 17.4. The molecule has 0 unspecified atom stereocenters. The summed E-state index contributed by atoms with van der Waals surface area (Å²) >= 11 is 0. The number of carbonyl (C=O) groups is 3.